The van der Waals surface area contributed by atoms with Crippen molar-refractivity contribution in [3.8, 4) is 28.6 Å². The predicted molar refractivity (Wildman–Crippen MR) is 157 cm³/mol. The Morgan fingerprint density at radius 2 is 1.10 bits per heavy atom. The molecule has 0 amide bonds. The third-order valence-electron chi connectivity index (χ3n) is 6.12. The van der Waals surface area contributed by atoms with E-state index in [0.29, 0.717) is 38.1 Å². The number of nitrogens with two attached hydrogens (primary N) is 1. The van der Waals surface area contributed by atoms with Crippen molar-refractivity contribution in [2.24, 2.45) is 5.73 Å². The van der Waals surface area contributed by atoms with Crippen molar-refractivity contribution in [1.82, 2.24) is 4.98 Å². The molecule has 5 aromatic rings. The zero-order valence-corrected chi connectivity index (χ0v) is 22.3. The molecule has 0 fully saturated rings. The van der Waals surface area contributed by atoms with Crippen molar-refractivity contribution in [2.45, 2.75) is 26.4 Å². The third kappa shape index (κ3) is 7.60. The molecular weight excluding hydrogens is 508 g/mol. The van der Waals surface area contributed by atoms with Crippen LogP contribution in [-0.2, 0) is 26.4 Å². The largest absolute Gasteiger partial charge is 0.489 e. The average Bonchev–Trinajstić information content (AvgIpc) is 2.99. The van der Waals surface area contributed by atoms with Gasteiger partial charge in [0, 0.05) is 23.7 Å². The first-order valence-electron chi connectivity index (χ1n) is 12.6. The fraction of sp³-hybridized carbons (Fsp3) is 0.121. The van der Waals surface area contributed by atoms with E-state index in [-0.39, 0.29) is 12.4 Å². The lowest BCUT2D eigenvalue weighted by molar-refractivity contribution is 0.268. The van der Waals surface area contributed by atoms with Gasteiger partial charge in [0.05, 0.1) is 0 Å². The Hall–Kier alpha value is -4.32. The molecule has 0 saturated carbocycles. The predicted octanol–water partition coefficient (Wildman–Crippen LogP) is 7.37. The summed E-state index contributed by atoms with van der Waals surface area (Å²) in [6.07, 6.45) is 0. The first-order valence-corrected chi connectivity index (χ1v) is 12.6. The van der Waals surface area contributed by atoms with Crippen molar-refractivity contribution < 1.29 is 14.2 Å². The van der Waals surface area contributed by atoms with Crippen molar-refractivity contribution >= 4 is 12.4 Å². The van der Waals surface area contributed by atoms with Gasteiger partial charge in [-0.25, -0.2) is 0 Å². The van der Waals surface area contributed by atoms with Crippen LogP contribution in [0.2, 0.25) is 0 Å². The topological polar surface area (TPSA) is 66.6 Å². The van der Waals surface area contributed by atoms with Gasteiger partial charge in [0.2, 0.25) is 11.8 Å². The van der Waals surface area contributed by atoms with E-state index >= 15 is 0 Å². The number of ether oxygens (including phenoxy) is 3. The van der Waals surface area contributed by atoms with E-state index < -0.39 is 0 Å². The lowest BCUT2D eigenvalue weighted by Gasteiger charge is -2.16. The van der Waals surface area contributed by atoms with Crippen LogP contribution < -0.4 is 19.9 Å². The van der Waals surface area contributed by atoms with Gasteiger partial charge in [0.15, 0.2) is 0 Å². The smallest absolute Gasteiger partial charge is 0.225 e. The van der Waals surface area contributed by atoms with Crippen molar-refractivity contribution in [3.63, 3.8) is 0 Å². The van der Waals surface area contributed by atoms with Gasteiger partial charge >= 0.3 is 0 Å². The van der Waals surface area contributed by atoms with Gasteiger partial charge < -0.3 is 19.9 Å². The molecule has 0 unspecified atom stereocenters. The molecular formula is C33H31ClN2O3. The number of nitrogens with zero attached hydrogens (tertiary/aromatic N) is 1. The zero-order chi connectivity index (χ0) is 26.0. The van der Waals surface area contributed by atoms with Gasteiger partial charge in [-0.1, -0.05) is 103 Å². The van der Waals surface area contributed by atoms with Crippen molar-refractivity contribution in [1.29, 1.82) is 0 Å². The summed E-state index contributed by atoms with van der Waals surface area (Å²) < 4.78 is 18.4. The molecule has 0 aliphatic rings. The monoisotopic (exact) mass is 538 g/mol. The lowest BCUT2D eigenvalue weighted by atomic mass is 10.0. The fourth-order valence-electron chi connectivity index (χ4n) is 4.05. The summed E-state index contributed by atoms with van der Waals surface area (Å²) in [7, 11) is 0. The van der Waals surface area contributed by atoms with Gasteiger partial charge in [0.1, 0.15) is 25.6 Å². The normalized spacial score (nSPS) is 10.4. The van der Waals surface area contributed by atoms with Crippen LogP contribution in [-0.4, -0.2) is 4.98 Å². The quantitative estimate of drug-likeness (QED) is 0.190. The lowest BCUT2D eigenvalue weighted by Crippen LogP contribution is -2.04. The zero-order valence-electron chi connectivity index (χ0n) is 21.5. The highest BCUT2D eigenvalue weighted by atomic mass is 35.5. The molecule has 1 aromatic heterocycles. The van der Waals surface area contributed by atoms with E-state index in [0.717, 1.165) is 39.1 Å². The Bertz CT molecular complexity index is 1450. The molecule has 0 atom stereocenters. The van der Waals surface area contributed by atoms with Crippen LogP contribution in [0.5, 0.6) is 17.5 Å². The van der Waals surface area contributed by atoms with Crippen LogP contribution in [0.25, 0.3) is 11.1 Å². The molecule has 5 rings (SSSR count). The Kier molecular flexibility index (Phi) is 9.95. The van der Waals surface area contributed by atoms with Gasteiger partial charge in [-0.05, 0) is 34.4 Å². The maximum atomic E-state index is 6.24. The SMILES string of the molecule is Cl.NCc1ccc(-c2ccc(OCc3ccccc3)nc2OCc2ccccc2)cc1OCc1ccccc1. The van der Waals surface area contributed by atoms with Crippen LogP contribution in [0.1, 0.15) is 22.3 Å². The highest BCUT2D eigenvalue weighted by molar-refractivity contribution is 5.85. The second-order valence-electron chi connectivity index (χ2n) is 8.85. The molecule has 198 valence electrons. The molecule has 2 N–H and O–H groups in total. The minimum atomic E-state index is 0. The van der Waals surface area contributed by atoms with Gasteiger partial charge in [0.25, 0.3) is 0 Å². The molecule has 0 saturated heterocycles. The van der Waals surface area contributed by atoms with Crippen LogP contribution in [0.4, 0.5) is 0 Å². The van der Waals surface area contributed by atoms with Gasteiger partial charge in [-0.2, -0.15) is 4.98 Å². The first-order chi connectivity index (χ1) is 18.8. The second kappa shape index (κ2) is 14.0. The number of hydrogen-bond acceptors (Lipinski definition) is 5. The molecule has 39 heavy (non-hydrogen) atoms. The minimum Gasteiger partial charge on any atom is -0.489 e. The van der Waals surface area contributed by atoms with Crippen molar-refractivity contribution in [2.75, 3.05) is 0 Å². The van der Waals surface area contributed by atoms with Crippen molar-refractivity contribution in [3.05, 3.63) is 144 Å². The van der Waals surface area contributed by atoms with Gasteiger partial charge in [-0.3, -0.25) is 0 Å². The molecule has 0 aliphatic heterocycles. The van der Waals surface area contributed by atoms with Crippen LogP contribution in [0, 0.1) is 0 Å². The summed E-state index contributed by atoms with van der Waals surface area (Å²) in [6.45, 7) is 1.65. The van der Waals surface area contributed by atoms with E-state index in [4.69, 9.17) is 24.9 Å². The Balaban J connectivity index is 0.00000353. The number of benzene rings is 4. The van der Waals surface area contributed by atoms with E-state index in [1.807, 2.05) is 121 Å². The molecule has 4 aromatic carbocycles. The maximum Gasteiger partial charge on any atom is 0.225 e. The summed E-state index contributed by atoms with van der Waals surface area (Å²) >= 11 is 0. The average molecular weight is 539 g/mol. The van der Waals surface area contributed by atoms with E-state index in [9.17, 15) is 0 Å². The summed E-state index contributed by atoms with van der Waals surface area (Å²) in [6, 6.07) is 40.0. The van der Waals surface area contributed by atoms with Crippen LogP contribution in [0.15, 0.2) is 121 Å². The molecule has 0 radical (unpaired) electrons. The highest BCUT2D eigenvalue weighted by Gasteiger charge is 2.14. The van der Waals surface area contributed by atoms with Gasteiger partial charge in [-0.15, -0.1) is 12.4 Å². The molecule has 0 bridgehead atoms. The number of halogens is 1. The van der Waals surface area contributed by atoms with E-state index in [1.54, 1.807) is 0 Å². The Labute approximate surface area is 235 Å². The second-order valence-corrected chi connectivity index (χ2v) is 8.85. The standard InChI is InChI=1S/C33H30N2O3.ClH/c34-21-29-17-16-28(20-31(29)36-22-25-10-4-1-5-11-25)30-18-19-32(37-23-26-12-6-2-7-13-26)35-33(30)38-24-27-14-8-3-9-15-27;/h1-20H,21-24,34H2;1H. The molecule has 5 nitrogen and oxygen atoms in total. The molecule has 1 heterocycles. The number of rotatable bonds is 11. The fourth-order valence-corrected chi connectivity index (χ4v) is 4.05. The van der Waals surface area contributed by atoms with E-state index in [1.165, 1.54) is 0 Å². The third-order valence-corrected chi connectivity index (χ3v) is 6.12. The molecule has 0 aliphatic carbocycles. The number of pyridine rings is 1. The van der Waals surface area contributed by atoms with Crippen LogP contribution in [0.3, 0.4) is 0 Å². The Morgan fingerprint density at radius 1 is 0.564 bits per heavy atom. The van der Waals surface area contributed by atoms with Crippen LogP contribution >= 0.6 is 12.4 Å². The molecule has 0 spiro atoms. The molecule has 6 heteroatoms. The highest BCUT2D eigenvalue weighted by Crippen LogP contribution is 2.35. The summed E-state index contributed by atoms with van der Waals surface area (Å²) in [5.41, 5.74) is 12.0. The summed E-state index contributed by atoms with van der Waals surface area (Å²) in [5.74, 6) is 1.74. The maximum absolute atomic E-state index is 6.24. The Morgan fingerprint density at radius 3 is 1.67 bits per heavy atom. The summed E-state index contributed by atoms with van der Waals surface area (Å²) in [4.78, 5) is 4.74. The number of aromatic nitrogens is 1. The first kappa shape index (κ1) is 27.7. The summed E-state index contributed by atoms with van der Waals surface area (Å²) in [5, 5.41) is 0. The minimum absolute atomic E-state index is 0. The van der Waals surface area contributed by atoms with E-state index in [2.05, 4.69) is 0 Å². The number of hydrogen-bond donors (Lipinski definition) is 1.